The monoisotopic (exact) mass is 427 g/mol. The number of fused-ring (bicyclic) bond motifs is 1. The summed E-state index contributed by atoms with van der Waals surface area (Å²) in [6.45, 7) is 4.08. The average molecular weight is 428 g/mol. The van der Waals surface area contributed by atoms with E-state index in [1.165, 1.54) is 36.1 Å². The molecule has 0 spiro atoms. The number of rotatable bonds is 4. The van der Waals surface area contributed by atoms with Crippen LogP contribution in [0.1, 0.15) is 33.9 Å². The molecule has 0 saturated heterocycles. The first-order valence-electron chi connectivity index (χ1n) is 9.19. The van der Waals surface area contributed by atoms with Crippen molar-refractivity contribution in [1.29, 1.82) is 0 Å². The minimum atomic E-state index is -3.77. The number of amides is 1. The summed E-state index contributed by atoms with van der Waals surface area (Å²) in [5, 5.41) is 4.43. The second-order valence-electron chi connectivity index (χ2n) is 7.17. The van der Waals surface area contributed by atoms with Crippen molar-refractivity contribution < 1.29 is 17.9 Å². The van der Waals surface area contributed by atoms with E-state index >= 15 is 0 Å². The summed E-state index contributed by atoms with van der Waals surface area (Å²) in [4.78, 5) is 13.6. The van der Waals surface area contributed by atoms with Gasteiger partial charge < -0.3 is 10.1 Å². The zero-order valence-electron chi connectivity index (χ0n) is 16.4. The van der Waals surface area contributed by atoms with E-state index < -0.39 is 9.84 Å². The molecule has 1 aromatic heterocycles. The van der Waals surface area contributed by atoms with Crippen LogP contribution in [0, 0.1) is 13.8 Å². The van der Waals surface area contributed by atoms with Crippen LogP contribution in [0.4, 0.5) is 5.69 Å². The molecule has 1 aliphatic rings. The van der Waals surface area contributed by atoms with Crippen molar-refractivity contribution in [1.82, 2.24) is 0 Å². The number of methoxy groups -OCH3 is 1. The van der Waals surface area contributed by atoms with Crippen molar-refractivity contribution in [3.05, 3.63) is 69.4 Å². The van der Waals surface area contributed by atoms with Crippen LogP contribution in [-0.4, -0.2) is 21.4 Å². The lowest BCUT2D eigenvalue weighted by molar-refractivity contribution is -0.116. The average Bonchev–Trinajstić information content (AvgIpc) is 3.14. The number of thiophene rings is 1. The Morgan fingerprint density at radius 2 is 1.79 bits per heavy atom. The topological polar surface area (TPSA) is 72.5 Å². The number of sulfone groups is 1. The fraction of sp³-hybridized carbons (Fsp3) is 0.227. The molecule has 2 aromatic carbocycles. The van der Waals surface area contributed by atoms with Gasteiger partial charge in [-0.15, -0.1) is 11.3 Å². The third kappa shape index (κ3) is 3.45. The molecule has 3 aromatic rings. The van der Waals surface area contributed by atoms with Crippen LogP contribution in [0.15, 0.2) is 57.6 Å². The molecule has 5 nitrogen and oxygen atoms in total. The van der Waals surface area contributed by atoms with Crippen LogP contribution < -0.4 is 10.1 Å². The fourth-order valence-corrected chi connectivity index (χ4v) is 6.44. The predicted octanol–water partition coefficient (Wildman–Crippen LogP) is 4.68. The van der Waals surface area contributed by atoms with Gasteiger partial charge in [0.1, 0.15) is 10.6 Å². The summed E-state index contributed by atoms with van der Waals surface area (Å²) in [7, 11) is -2.24. The SMILES string of the molecule is COc1ccc(S(=O)(=O)c2csc3c2NC(=O)C[C@@H]3c2ccc(C)c(C)c2)cc1. The Morgan fingerprint density at radius 1 is 1.07 bits per heavy atom. The number of nitrogens with one attached hydrogen (secondary N) is 1. The van der Waals surface area contributed by atoms with Crippen LogP contribution >= 0.6 is 11.3 Å². The van der Waals surface area contributed by atoms with E-state index in [1.54, 1.807) is 17.5 Å². The Labute approximate surface area is 174 Å². The zero-order chi connectivity index (χ0) is 20.8. The molecule has 150 valence electrons. The molecule has 4 rings (SSSR count). The second kappa shape index (κ2) is 7.31. The standard InChI is InChI=1S/C22H21NO4S2/c1-13-4-5-15(10-14(13)2)18-11-20(24)23-21-19(12-28-22(18)21)29(25,26)17-8-6-16(27-3)7-9-17/h4-10,12,18H,11H2,1-3H3,(H,23,24)/t18-/m1/s1. The van der Waals surface area contributed by atoms with Crippen molar-refractivity contribution in [2.75, 3.05) is 12.4 Å². The Kier molecular flexibility index (Phi) is 4.96. The molecule has 1 atom stereocenters. The summed E-state index contributed by atoms with van der Waals surface area (Å²) in [6, 6.07) is 12.4. The van der Waals surface area contributed by atoms with Gasteiger partial charge in [-0.1, -0.05) is 18.2 Å². The van der Waals surface area contributed by atoms with Crippen molar-refractivity contribution in [3.63, 3.8) is 0 Å². The molecule has 7 heteroatoms. The molecule has 29 heavy (non-hydrogen) atoms. The molecule has 1 aliphatic heterocycles. The molecule has 1 N–H and O–H groups in total. The van der Waals surface area contributed by atoms with E-state index in [2.05, 4.69) is 11.4 Å². The van der Waals surface area contributed by atoms with Crippen molar-refractivity contribution in [2.45, 2.75) is 36.0 Å². The van der Waals surface area contributed by atoms with Crippen molar-refractivity contribution >= 4 is 32.8 Å². The number of carbonyl (C=O) groups excluding carboxylic acids is 1. The third-order valence-electron chi connectivity index (χ3n) is 5.35. The van der Waals surface area contributed by atoms with Gasteiger partial charge in [-0.3, -0.25) is 4.79 Å². The van der Waals surface area contributed by atoms with Gasteiger partial charge in [0, 0.05) is 22.6 Å². The molecule has 2 heterocycles. The minimum absolute atomic E-state index is 0.143. The maximum Gasteiger partial charge on any atom is 0.225 e. The van der Waals surface area contributed by atoms with Gasteiger partial charge in [-0.05, 0) is 54.8 Å². The Morgan fingerprint density at radius 3 is 2.45 bits per heavy atom. The summed E-state index contributed by atoms with van der Waals surface area (Å²) < 4.78 is 31.6. The number of anilines is 1. The quantitative estimate of drug-likeness (QED) is 0.656. The van der Waals surface area contributed by atoms with E-state index in [4.69, 9.17) is 4.74 Å². The first kappa shape index (κ1) is 19.7. The molecular formula is C22H21NO4S2. The Balaban J connectivity index is 1.80. The fourth-order valence-electron chi connectivity index (χ4n) is 3.53. The van der Waals surface area contributed by atoms with E-state index in [-0.39, 0.29) is 21.6 Å². The molecule has 0 unspecified atom stereocenters. The van der Waals surface area contributed by atoms with Gasteiger partial charge in [0.2, 0.25) is 15.7 Å². The molecule has 0 bridgehead atoms. The number of hydrogen-bond acceptors (Lipinski definition) is 5. The van der Waals surface area contributed by atoms with Gasteiger partial charge in [0.25, 0.3) is 0 Å². The lowest BCUT2D eigenvalue weighted by Gasteiger charge is -2.24. The highest BCUT2D eigenvalue weighted by atomic mass is 32.2. The smallest absolute Gasteiger partial charge is 0.225 e. The number of benzene rings is 2. The van der Waals surface area contributed by atoms with Crippen molar-refractivity contribution in [2.24, 2.45) is 0 Å². The molecule has 0 radical (unpaired) electrons. The van der Waals surface area contributed by atoms with E-state index in [0.29, 0.717) is 17.9 Å². The lowest BCUT2D eigenvalue weighted by Crippen LogP contribution is -2.23. The number of carbonyl (C=O) groups is 1. The number of hydrogen-bond donors (Lipinski definition) is 1. The van der Waals surface area contributed by atoms with Crippen LogP contribution in [-0.2, 0) is 14.6 Å². The van der Waals surface area contributed by atoms with Gasteiger partial charge in [-0.2, -0.15) is 0 Å². The highest BCUT2D eigenvalue weighted by Gasteiger charge is 2.34. The lowest BCUT2D eigenvalue weighted by atomic mass is 9.89. The minimum Gasteiger partial charge on any atom is -0.497 e. The Hall–Kier alpha value is -2.64. The second-order valence-corrected chi connectivity index (χ2v) is 10.00. The summed E-state index contributed by atoms with van der Waals surface area (Å²) in [6.07, 6.45) is 0.304. The van der Waals surface area contributed by atoms with Gasteiger partial charge in [-0.25, -0.2) is 8.42 Å². The molecule has 0 saturated carbocycles. The maximum atomic E-state index is 13.2. The highest BCUT2D eigenvalue weighted by Crippen LogP contribution is 2.46. The molecule has 0 aliphatic carbocycles. The zero-order valence-corrected chi connectivity index (χ0v) is 18.0. The molecular weight excluding hydrogens is 406 g/mol. The van der Waals surface area contributed by atoms with Crippen LogP contribution in [0.25, 0.3) is 0 Å². The van der Waals surface area contributed by atoms with Crippen LogP contribution in [0.5, 0.6) is 5.75 Å². The summed E-state index contributed by atoms with van der Waals surface area (Å²) in [5.41, 5.74) is 3.77. The number of ether oxygens (including phenoxy) is 1. The summed E-state index contributed by atoms with van der Waals surface area (Å²) in [5.74, 6) is 0.257. The first-order valence-corrected chi connectivity index (χ1v) is 11.5. The normalized spacial score (nSPS) is 16.2. The third-order valence-corrected chi connectivity index (χ3v) is 8.39. The van der Waals surface area contributed by atoms with Crippen molar-refractivity contribution in [3.8, 4) is 5.75 Å². The maximum absolute atomic E-state index is 13.2. The van der Waals surface area contributed by atoms with E-state index in [0.717, 1.165) is 16.0 Å². The first-order chi connectivity index (χ1) is 13.8. The summed E-state index contributed by atoms with van der Waals surface area (Å²) >= 11 is 1.38. The molecule has 1 amide bonds. The van der Waals surface area contributed by atoms with Crippen LogP contribution in [0.2, 0.25) is 0 Å². The molecule has 0 fully saturated rings. The Bertz CT molecular complexity index is 1190. The van der Waals surface area contributed by atoms with E-state index in [1.807, 2.05) is 26.0 Å². The van der Waals surface area contributed by atoms with E-state index in [9.17, 15) is 13.2 Å². The van der Waals surface area contributed by atoms with Gasteiger partial charge in [0.05, 0.1) is 17.7 Å². The van der Waals surface area contributed by atoms with Gasteiger partial charge >= 0.3 is 0 Å². The number of aryl methyl sites for hydroxylation is 2. The van der Waals surface area contributed by atoms with Crippen LogP contribution in [0.3, 0.4) is 0 Å². The predicted molar refractivity (Wildman–Crippen MR) is 114 cm³/mol. The largest absolute Gasteiger partial charge is 0.497 e. The van der Waals surface area contributed by atoms with Gasteiger partial charge in [0.15, 0.2) is 0 Å². The highest BCUT2D eigenvalue weighted by molar-refractivity contribution is 7.91.